The van der Waals surface area contributed by atoms with Crippen LogP contribution in [0.15, 0.2) is 221 Å². The van der Waals surface area contributed by atoms with Crippen LogP contribution < -0.4 is 9.47 Å². The number of fused-ring (bicyclic) bond motifs is 6. The molecule has 144 heavy (non-hydrogen) atoms. The van der Waals surface area contributed by atoms with Gasteiger partial charge in [0.05, 0.1) is 71.8 Å². The molecule has 6 bridgehead atoms. The van der Waals surface area contributed by atoms with Gasteiger partial charge in [0.25, 0.3) is 0 Å². The zero-order chi connectivity index (χ0) is 105. The Hall–Kier alpha value is -10.3. The summed E-state index contributed by atoms with van der Waals surface area (Å²) >= 11 is 0. The lowest BCUT2D eigenvalue weighted by Crippen LogP contribution is -2.66. The molecule has 0 spiro atoms. The van der Waals surface area contributed by atoms with E-state index in [0.29, 0.717) is 62.2 Å². The number of esters is 6. The van der Waals surface area contributed by atoms with Gasteiger partial charge in [-0.3, -0.25) is 28.8 Å². The molecular weight excluding hydrogens is 1960 g/mol. The molecule has 19 rings (SSSR count). The smallest absolute Gasteiger partial charge is 0.438 e. The van der Waals surface area contributed by atoms with Crippen LogP contribution in [0.5, 0.6) is 23.0 Å². The highest BCUT2D eigenvalue weighted by molar-refractivity contribution is 7.97. The number of aromatic hydroxyl groups is 1. The van der Waals surface area contributed by atoms with Crippen molar-refractivity contribution in [3.05, 3.63) is 217 Å². The lowest BCUT2D eigenvalue weighted by Gasteiger charge is -2.60. The number of carbonyl (C=O) groups excluding carboxylic acids is 6. The quantitative estimate of drug-likeness (QED) is 0.0193. The predicted molar refractivity (Wildman–Crippen MR) is 528 cm³/mol. The summed E-state index contributed by atoms with van der Waals surface area (Å²) in [6, 6.07) is 71.9. The number of halogens is 9. The fraction of sp³-hybridized carbons (Fsp3) is 0.509. The Bertz CT molecular complexity index is 6080. The summed E-state index contributed by atoms with van der Waals surface area (Å²) in [5.41, 5.74) is -7.76. The van der Waals surface area contributed by atoms with Crippen molar-refractivity contribution in [1.29, 1.82) is 0 Å². The average Bonchev–Trinajstić information content (AvgIpc) is 1.68. The molecule has 12 unspecified atom stereocenters. The number of phenolic OH excluding ortho intramolecular Hbond substituents is 1. The number of carbonyl (C=O) groups is 6. The Balaban J connectivity index is 0.000000155. The van der Waals surface area contributed by atoms with Gasteiger partial charge in [0.1, 0.15) is 45.8 Å². The van der Waals surface area contributed by atoms with E-state index in [1.807, 2.05) is 50.2 Å². The molecule has 0 radical (unpaired) electrons. The van der Waals surface area contributed by atoms with Crippen molar-refractivity contribution >= 4 is 97.6 Å². The van der Waals surface area contributed by atoms with E-state index in [-0.39, 0.29) is 75.9 Å². The molecule has 21 nitrogen and oxygen atoms in total. The van der Waals surface area contributed by atoms with E-state index in [1.54, 1.807) is 53.7 Å². The van der Waals surface area contributed by atoms with Gasteiger partial charge in [-0.15, -0.1) is 0 Å². The van der Waals surface area contributed by atoms with Gasteiger partial charge in [0.15, 0.2) is 30.7 Å². The van der Waals surface area contributed by atoms with Crippen molar-refractivity contribution in [2.24, 2.45) is 63.1 Å². The van der Waals surface area contributed by atoms with E-state index in [0.717, 1.165) is 36.5 Å². The number of alkyl halides is 9. The number of hydrogen-bond donors (Lipinski definition) is 1. The maximum absolute atomic E-state index is 13.7. The molecule has 34 heteroatoms. The van der Waals surface area contributed by atoms with Crippen molar-refractivity contribution in [3.8, 4) is 27.9 Å². The second kappa shape index (κ2) is 45.2. The number of hydrogen-bond acceptors (Lipinski definition) is 21. The number of para-hydroxylation sites is 2. The van der Waals surface area contributed by atoms with Gasteiger partial charge >= 0.3 is 59.9 Å². The van der Waals surface area contributed by atoms with Crippen molar-refractivity contribution < 1.29 is 137 Å². The summed E-state index contributed by atoms with van der Waals surface area (Å²) in [6.07, 6.45) is -12.3. The Labute approximate surface area is 842 Å². The molecule has 2 saturated heterocycles. The molecule has 12 atom stereocenters. The molecule has 1 aromatic heterocycles. The number of phenols is 1. The van der Waals surface area contributed by atoms with Crippen LogP contribution in [-0.2, 0) is 88.3 Å². The Morgan fingerprint density at radius 1 is 0.569 bits per heavy atom. The second-order valence-electron chi connectivity index (χ2n) is 41.1. The third-order valence-corrected chi connectivity index (χ3v) is 36.3. The summed E-state index contributed by atoms with van der Waals surface area (Å²) in [7, 11) is -11.5. The molecule has 9 fully saturated rings. The highest BCUT2D eigenvalue weighted by Gasteiger charge is 2.77. The van der Waals surface area contributed by atoms with E-state index in [4.69, 9.17) is 33.5 Å². The van der Waals surface area contributed by atoms with Gasteiger partial charge in [-0.2, -0.15) is 39.5 Å². The van der Waals surface area contributed by atoms with Crippen LogP contribution in [0.3, 0.4) is 0 Å². The highest BCUT2D eigenvalue weighted by atomic mass is 32.2. The standard InChI is InChI=1S/C21H28F6O7S.C18H23F3O9S.C18H13OS.C18H28O.C18H13S.C10H14O.C7H12O2/c1-4-16(2,3)14(28)33-18-8-12-5-13(9-18)7-17(6-12,10-18)15(29)34-19(20(22,23)24,21(25,26)27)11-35(30,31)32;1-4-17(2,3)16(24)30-13-8-5-7-11(15(23)29-12(7)13)10(8)14(22)28-9(18(19,20)21)6-31(25,26)27;1-2-8-14(9-3-1)20-17-12-6-4-10-15(17)19-16-11-5-7-13-18(16)20;1-5-15(4)16-8-10-17(11-9-16)19-18(14(2)3)12-6-7-13-18;1-2-8-14(9-3-1)19-17-12-6-4-10-15(17)16-11-5-7-13-18(16)19;1-3-8(2)9-4-6-10(11)7-5-9;1-3-7(2)4-5-9-6(7)8/h12-13H,4-11H2,1-3H3,(H,30,31,32);7-13H,4-6H2,1-3H3,(H,25,26,27);1-13H;8-11,14-15H,5-7,12-13H2,1-4H3;1-13H;4-8,11H,3H2,1-2H3;3-5H2,1-2H3/q;;+1;;+1;;/p-2. The first-order chi connectivity index (χ1) is 67.5. The summed E-state index contributed by atoms with van der Waals surface area (Å²) in [5.74, 6) is -9.73. The van der Waals surface area contributed by atoms with Gasteiger partial charge < -0.3 is 52.1 Å². The van der Waals surface area contributed by atoms with Crippen molar-refractivity contribution in [2.45, 2.75) is 286 Å². The molecule has 8 aromatic carbocycles. The Kier molecular flexibility index (Phi) is 35.3. The predicted octanol–water partition coefficient (Wildman–Crippen LogP) is 25.8. The Morgan fingerprint density at radius 2 is 1.05 bits per heavy atom. The SMILES string of the molecule is CCC(C)(C)C(=O)OC12CC3CC(C1)CC(C(=O)OC(CS(=O)(=O)[O-])(C(F)(F)F)C(F)(F)F)(C3)C2.CCC(C)(C)C(=O)OC1C2CC3C1OC(=O)C3C2C(=O)OC(CS(=O)(=O)[O-])C(F)(F)F.CCC(C)c1ccc(O)cc1.CCC(C)c1ccc(OC2(C(C)C)CCCC2)cc1.CCC1(C)CCOC1=O.c1ccc(-[s+]2c3ccccc3c3ccccc32)cc1.c1ccc([S+]2c3ccccc3Oc3ccccc32)cc1. The topological polar surface area (TPSA) is 311 Å². The molecule has 10 aliphatic rings. The molecule has 4 heterocycles. The summed E-state index contributed by atoms with van der Waals surface area (Å²) < 4.78 is 232. The summed E-state index contributed by atoms with van der Waals surface area (Å²) in [6.45, 7) is 28.1. The molecule has 9 aromatic rings. The van der Waals surface area contributed by atoms with Crippen molar-refractivity contribution in [2.75, 3.05) is 18.1 Å². The number of ether oxygens (including phenoxy) is 8. The molecule has 7 aliphatic carbocycles. The Morgan fingerprint density at radius 3 is 1.50 bits per heavy atom. The minimum absolute atomic E-state index is 0.0231. The lowest BCUT2D eigenvalue weighted by molar-refractivity contribution is -0.365. The van der Waals surface area contributed by atoms with Crippen LogP contribution in [0, 0.1) is 63.1 Å². The third kappa shape index (κ3) is 25.6. The molecule has 782 valence electrons. The molecule has 1 N–H and O–H groups in total. The van der Waals surface area contributed by atoms with E-state index in [1.165, 1.54) is 83.0 Å². The van der Waals surface area contributed by atoms with Gasteiger partial charge in [-0.25, -0.2) is 16.8 Å². The van der Waals surface area contributed by atoms with E-state index in [9.17, 15) is 94.2 Å². The van der Waals surface area contributed by atoms with E-state index >= 15 is 0 Å². The normalized spacial score (nSPS) is 23.8. The molecule has 0 amide bonds. The van der Waals surface area contributed by atoms with Gasteiger partial charge in [-0.05, 0) is 275 Å². The van der Waals surface area contributed by atoms with Crippen LogP contribution in [0.2, 0.25) is 0 Å². The number of thiophene rings is 1. The summed E-state index contributed by atoms with van der Waals surface area (Å²) in [5, 5.41) is 11.8. The van der Waals surface area contributed by atoms with Crippen LogP contribution in [-0.4, -0.2) is 139 Å². The maximum atomic E-state index is 13.7. The van der Waals surface area contributed by atoms with Crippen LogP contribution in [0.1, 0.15) is 229 Å². The first kappa shape index (κ1) is 112. The zero-order valence-corrected chi connectivity index (χ0v) is 86.6. The monoisotopic (exact) mass is 2080 g/mol. The average molecular weight is 2090 g/mol. The van der Waals surface area contributed by atoms with E-state index < -0.39 is 150 Å². The van der Waals surface area contributed by atoms with Crippen LogP contribution >= 0.6 is 10.5 Å². The molecule has 7 saturated carbocycles. The van der Waals surface area contributed by atoms with Gasteiger partial charge in [0.2, 0.25) is 15.9 Å². The van der Waals surface area contributed by atoms with Crippen molar-refractivity contribution in [1.82, 2.24) is 0 Å². The van der Waals surface area contributed by atoms with Crippen LogP contribution in [0.4, 0.5) is 39.5 Å². The van der Waals surface area contributed by atoms with Gasteiger partial charge in [0, 0.05) is 39.5 Å². The highest BCUT2D eigenvalue weighted by Crippen LogP contribution is 2.65. The third-order valence-electron chi connectivity index (χ3n) is 30.2. The first-order valence-electron chi connectivity index (χ1n) is 49.1. The van der Waals surface area contributed by atoms with Crippen molar-refractivity contribution in [3.63, 3.8) is 0 Å². The second-order valence-corrected chi connectivity index (χ2v) is 47.9. The minimum atomic E-state index is -6.43. The fourth-order valence-corrected chi connectivity index (χ4v) is 26.9. The largest absolute Gasteiger partial charge is 0.748 e. The molecule has 3 aliphatic heterocycles. The zero-order valence-electron chi connectivity index (χ0n) is 83.3. The summed E-state index contributed by atoms with van der Waals surface area (Å²) in [4.78, 5) is 79.4. The maximum Gasteiger partial charge on any atom is 0.438 e. The number of benzene rings is 8. The van der Waals surface area contributed by atoms with Gasteiger partial charge in [-0.1, -0.05) is 172 Å². The lowest BCUT2D eigenvalue weighted by atomic mass is 9.48. The molecular formula is C110H129F9O21S4. The minimum Gasteiger partial charge on any atom is -0.748 e. The van der Waals surface area contributed by atoms with Crippen LogP contribution in [0.25, 0.3) is 25.1 Å². The number of cyclic esters (lactones) is 1. The van der Waals surface area contributed by atoms with E-state index in [2.05, 4.69) is 209 Å². The first-order valence-corrected chi connectivity index (χ1v) is 54.7. The number of rotatable bonds is 24. The fourth-order valence-electron chi connectivity index (χ4n) is 20.7.